The lowest BCUT2D eigenvalue weighted by molar-refractivity contribution is -0.346. The van der Waals surface area contributed by atoms with Crippen molar-refractivity contribution in [3.63, 3.8) is 0 Å². The molecule has 1 aliphatic heterocycles. The Hall–Kier alpha value is -0.290. The molecule has 0 radical (unpaired) electrons. The van der Waals surface area contributed by atoms with E-state index in [1.54, 1.807) is 0 Å². The molecule has 2 nitrogen and oxygen atoms in total. The molecule has 0 atom stereocenters. The van der Waals surface area contributed by atoms with Crippen LogP contribution in [0.1, 0.15) is 32.6 Å². The van der Waals surface area contributed by atoms with Crippen molar-refractivity contribution in [1.82, 2.24) is 0 Å². The normalized spacial score (nSPS) is 21.4. The van der Waals surface area contributed by atoms with E-state index in [2.05, 4.69) is 0 Å². The summed E-state index contributed by atoms with van der Waals surface area (Å²) in [5, 5.41) is 0. The van der Waals surface area contributed by atoms with E-state index >= 15 is 0 Å². The van der Waals surface area contributed by atoms with E-state index < -0.39 is 12.0 Å². The molecule has 84 valence electrons. The Morgan fingerprint density at radius 2 is 1.71 bits per heavy atom. The van der Waals surface area contributed by atoms with Crippen LogP contribution in [0.2, 0.25) is 0 Å². The average molecular weight is 212 g/mol. The van der Waals surface area contributed by atoms with Crippen LogP contribution >= 0.6 is 0 Å². The van der Waals surface area contributed by atoms with E-state index in [0.29, 0.717) is 6.42 Å². The zero-order valence-corrected chi connectivity index (χ0v) is 8.19. The highest BCUT2D eigenvalue weighted by molar-refractivity contribution is 4.82. The van der Waals surface area contributed by atoms with Crippen LogP contribution in [-0.4, -0.2) is 25.2 Å². The Morgan fingerprint density at radius 1 is 1.14 bits per heavy atom. The van der Waals surface area contributed by atoms with E-state index in [4.69, 9.17) is 9.47 Å². The van der Waals surface area contributed by atoms with E-state index in [0.717, 1.165) is 12.8 Å². The van der Waals surface area contributed by atoms with Crippen molar-refractivity contribution in [2.75, 3.05) is 13.2 Å². The van der Waals surface area contributed by atoms with Crippen molar-refractivity contribution < 1.29 is 22.6 Å². The van der Waals surface area contributed by atoms with Gasteiger partial charge in [0, 0.05) is 6.42 Å². The summed E-state index contributed by atoms with van der Waals surface area (Å²) in [6.07, 6.45) is -2.38. The first kappa shape index (κ1) is 11.8. The van der Waals surface area contributed by atoms with E-state index in [9.17, 15) is 13.2 Å². The lowest BCUT2D eigenvalue weighted by Gasteiger charge is -2.29. The van der Waals surface area contributed by atoms with Crippen molar-refractivity contribution >= 4 is 0 Å². The molecular formula is C9H15F3O2. The summed E-state index contributed by atoms with van der Waals surface area (Å²) in [7, 11) is 0. The van der Waals surface area contributed by atoms with Crippen LogP contribution in [0.4, 0.5) is 13.2 Å². The number of hydrogen-bond acceptors (Lipinski definition) is 2. The van der Waals surface area contributed by atoms with Gasteiger partial charge >= 0.3 is 6.18 Å². The fraction of sp³-hybridized carbons (Fsp3) is 1.00. The molecule has 1 fully saturated rings. The molecule has 0 spiro atoms. The van der Waals surface area contributed by atoms with Crippen LogP contribution in [0.5, 0.6) is 0 Å². The van der Waals surface area contributed by atoms with E-state index in [1.165, 1.54) is 0 Å². The van der Waals surface area contributed by atoms with Gasteiger partial charge in [0.05, 0.1) is 13.2 Å². The van der Waals surface area contributed by atoms with Crippen LogP contribution in [0.3, 0.4) is 0 Å². The third kappa shape index (κ3) is 2.39. The first-order valence-corrected chi connectivity index (χ1v) is 4.86. The fourth-order valence-electron chi connectivity index (χ4n) is 1.51. The van der Waals surface area contributed by atoms with Crippen LogP contribution in [0.25, 0.3) is 0 Å². The number of hydrogen-bond donors (Lipinski definition) is 0. The standard InChI is InChI=1S/C9H15F3O2/c1-2-3-4-5-8(9(10,11)12)13-6-7-14-8/h2-7H2,1H3. The minimum Gasteiger partial charge on any atom is -0.340 e. The zero-order chi connectivity index (χ0) is 10.7. The van der Waals surface area contributed by atoms with Gasteiger partial charge in [0.15, 0.2) is 0 Å². The number of rotatable bonds is 4. The molecule has 0 aromatic carbocycles. The van der Waals surface area contributed by atoms with Gasteiger partial charge < -0.3 is 9.47 Å². The molecule has 0 amide bonds. The number of ether oxygens (including phenoxy) is 2. The first-order chi connectivity index (χ1) is 6.52. The smallest absolute Gasteiger partial charge is 0.340 e. The van der Waals surface area contributed by atoms with Crippen molar-refractivity contribution in [3.05, 3.63) is 0 Å². The summed E-state index contributed by atoms with van der Waals surface area (Å²) in [5.74, 6) is -2.32. The molecule has 14 heavy (non-hydrogen) atoms. The minimum atomic E-state index is -4.42. The maximum atomic E-state index is 12.6. The SMILES string of the molecule is CCCCCC1(C(F)(F)F)OCCO1. The molecule has 1 saturated heterocycles. The predicted octanol–water partition coefficient (Wildman–Crippen LogP) is 2.87. The zero-order valence-electron chi connectivity index (χ0n) is 8.19. The number of unbranched alkanes of at least 4 members (excludes halogenated alkanes) is 2. The van der Waals surface area contributed by atoms with Gasteiger partial charge in [-0.05, 0) is 6.42 Å². The van der Waals surface area contributed by atoms with Gasteiger partial charge in [-0.1, -0.05) is 19.8 Å². The minimum absolute atomic E-state index is 0.0334. The van der Waals surface area contributed by atoms with Gasteiger partial charge in [-0.2, -0.15) is 13.2 Å². The second-order valence-electron chi connectivity index (χ2n) is 3.40. The monoisotopic (exact) mass is 212 g/mol. The molecule has 1 rings (SSSR count). The van der Waals surface area contributed by atoms with Gasteiger partial charge in [0.25, 0.3) is 5.79 Å². The van der Waals surface area contributed by atoms with Crippen LogP contribution in [-0.2, 0) is 9.47 Å². The second-order valence-corrected chi connectivity index (χ2v) is 3.40. The lowest BCUT2D eigenvalue weighted by Crippen LogP contribution is -2.46. The molecule has 0 aromatic heterocycles. The van der Waals surface area contributed by atoms with Crippen molar-refractivity contribution in [2.24, 2.45) is 0 Å². The molecule has 1 aliphatic rings. The van der Waals surface area contributed by atoms with Crippen LogP contribution in [0, 0.1) is 0 Å². The first-order valence-electron chi connectivity index (χ1n) is 4.86. The molecule has 0 bridgehead atoms. The maximum absolute atomic E-state index is 12.6. The van der Waals surface area contributed by atoms with Crippen LogP contribution < -0.4 is 0 Å². The molecular weight excluding hydrogens is 197 g/mol. The third-order valence-corrected chi connectivity index (χ3v) is 2.30. The highest BCUT2D eigenvalue weighted by atomic mass is 19.4. The number of halogens is 3. The summed E-state index contributed by atoms with van der Waals surface area (Å²) in [4.78, 5) is 0. The highest BCUT2D eigenvalue weighted by Gasteiger charge is 2.59. The molecule has 0 N–H and O–H groups in total. The summed E-state index contributed by atoms with van der Waals surface area (Å²) in [6.45, 7) is 2.01. The Kier molecular flexibility index (Phi) is 3.78. The van der Waals surface area contributed by atoms with Gasteiger partial charge in [0.2, 0.25) is 0 Å². The summed E-state index contributed by atoms with van der Waals surface area (Å²) in [6, 6.07) is 0. The molecule has 0 aromatic rings. The third-order valence-electron chi connectivity index (χ3n) is 2.30. The van der Waals surface area contributed by atoms with Crippen LogP contribution in [0.15, 0.2) is 0 Å². The topological polar surface area (TPSA) is 18.5 Å². The number of alkyl halides is 3. The average Bonchev–Trinajstić information content (AvgIpc) is 2.53. The Balaban J connectivity index is 2.54. The highest BCUT2D eigenvalue weighted by Crippen LogP contribution is 2.41. The van der Waals surface area contributed by atoms with Crippen molar-refractivity contribution in [3.8, 4) is 0 Å². The molecule has 0 aliphatic carbocycles. The largest absolute Gasteiger partial charge is 0.443 e. The summed E-state index contributed by atoms with van der Waals surface area (Å²) >= 11 is 0. The predicted molar refractivity (Wildman–Crippen MR) is 44.8 cm³/mol. The quantitative estimate of drug-likeness (QED) is 0.667. The van der Waals surface area contributed by atoms with Gasteiger partial charge in [-0.25, -0.2) is 0 Å². The summed E-state index contributed by atoms with van der Waals surface area (Å²) in [5.41, 5.74) is 0. The van der Waals surface area contributed by atoms with Gasteiger partial charge in [-0.3, -0.25) is 0 Å². The van der Waals surface area contributed by atoms with E-state index in [-0.39, 0.29) is 19.6 Å². The summed E-state index contributed by atoms with van der Waals surface area (Å²) < 4.78 is 47.2. The van der Waals surface area contributed by atoms with Crippen molar-refractivity contribution in [2.45, 2.75) is 44.6 Å². The van der Waals surface area contributed by atoms with Gasteiger partial charge in [-0.15, -0.1) is 0 Å². The molecule has 1 heterocycles. The second kappa shape index (κ2) is 4.49. The Bertz CT molecular complexity index is 173. The lowest BCUT2D eigenvalue weighted by atomic mass is 10.1. The Morgan fingerprint density at radius 3 is 2.14 bits per heavy atom. The van der Waals surface area contributed by atoms with Crippen molar-refractivity contribution in [1.29, 1.82) is 0 Å². The maximum Gasteiger partial charge on any atom is 0.443 e. The Labute approximate surface area is 81.4 Å². The van der Waals surface area contributed by atoms with E-state index in [1.807, 2.05) is 6.92 Å². The van der Waals surface area contributed by atoms with Gasteiger partial charge in [0.1, 0.15) is 0 Å². The molecule has 0 saturated carbocycles. The fourth-order valence-corrected chi connectivity index (χ4v) is 1.51. The molecule has 5 heteroatoms. The molecule has 0 unspecified atom stereocenters.